The van der Waals surface area contributed by atoms with Crippen LogP contribution in [0.2, 0.25) is 0 Å². The standard InChI is InChI=1S/C19H28N4O/c1-21(2)17-7-6-11-22(12-10-17)14-16-13-20-23(15-16)18-8-4-5-9-19(18)24-3/h4-5,8-9,13,15,17H,6-7,10-12,14H2,1-3H3. The number of hydrogen-bond acceptors (Lipinski definition) is 4. The molecule has 1 unspecified atom stereocenters. The molecule has 24 heavy (non-hydrogen) atoms. The number of benzene rings is 1. The van der Waals surface area contributed by atoms with Gasteiger partial charge in [0.25, 0.3) is 0 Å². The quantitative estimate of drug-likeness (QED) is 0.845. The second kappa shape index (κ2) is 7.81. The zero-order valence-electron chi connectivity index (χ0n) is 15.0. The predicted molar refractivity (Wildman–Crippen MR) is 96.7 cm³/mol. The Bertz CT molecular complexity index is 652. The summed E-state index contributed by atoms with van der Waals surface area (Å²) >= 11 is 0. The SMILES string of the molecule is COc1ccccc1-n1cc(CN2CCCC(N(C)C)CC2)cn1. The van der Waals surface area contributed by atoms with Crippen LogP contribution >= 0.6 is 0 Å². The molecule has 0 saturated carbocycles. The van der Waals surface area contributed by atoms with E-state index in [1.54, 1.807) is 7.11 Å². The van der Waals surface area contributed by atoms with Crippen LogP contribution in [0.15, 0.2) is 36.7 Å². The molecule has 130 valence electrons. The summed E-state index contributed by atoms with van der Waals surface area (Å²) in [6, 6.07) is 8.70. The van der Waals surface area contributed by atoms with Gasteiger partial charge in [-0.25, -0.2) is 4.68 Å². The molecule has 3 rings (SSSR count). The first-order valence-corrected chi connectivity index (χ1v) is 8.73. The summed E-state index contributed by atoms with van der Waals surface area (Å²) < 4.78 is 7.35. The summed E-state index contributed by atoms with van der Waals surface area (Å²) in [4.78, 5) is 4.91. The van der Waals surface area contributed by atoms with E-state index in [1.807, 2.05) is 35.1 Å². The zero-order chi connectivity index (χ0) is 16.9. The minimum Gasteiger partial charge on any atom is -0.494 e. The molecule has 0 amide bonds. The minimum atomic E-state index is 0.714. The predicted octanol–water partition coefficient (Wildman–Crippen LogP) is 2.80. The molecule has 5 nitrogen and oxygen atoms in total. The average Bonchev–Trinajstić information content (AvgIpc) is 2.92. The summed E-state index contributed by atoms with van der Waals surface area (Å²) in [5, 5.41) is 4.53. The molecule has 2 heterocycles. The van der Waals surface area contributed by atoms with E-state index in [1.165, 1.54) is 31.4 Å². The summed E-state index contributed by atoms with van der Waals surface area (Å²) in [6.45, 7) is 3.29. The van der Waals surface area contributed by atoms with Crippen LogP contribution in [0.4, 0.5) is 0 Å². The van der Waals surface area contributed by atoms with Crippen molar-refractivity contribution in [2.75, 3.05) is 34.3 Å². The molecule has 5 heteroatoms. The van der Waals surface area contributed by atoms with E-state index in [0.717, 1.165) is 24.5 Å². The van der Waals surface area contributed by atoms with Gasteiger partial charge in [0.2, 0.25) is 0 Å². The molecule has 1 atom stereocenters. The van der Waals surface area contributed by atoms with E-state index in [-0.39, 0.29) is 0 Å². The van der Waals surface area contributed by atoms with Crippen LogP contribution in [-0.2, 0) is 6.54 Å². The lowest BCUT2D eigenvalue weighted by atomic mass is 10.1. The number of nitrogens with zero attached hydrogens (tertiary/aromatic N) is 4. The van der Waals surface area contributed by atoms with Crippen molar-refractivity contribution in [2.45, 2.75) is 31.8 Å². The van der Waals surface area contributed by atoms with Crippen LogP contribution in [0.25, 0.3) is 5.69 Å². The molecule has 1 fully saturated rings. The van der Waals surface area contributed by atoms with Crippen LogP contribution in [-0.4, -0.2) is 59.9 Å². The Labute approximate surface area is 144 Å². The van der Waals surface area contributed by atoms with Crippen molar-refractivity contribution in [3.05, 3.63) is 42.2 Å². The maximum Gasteiger partial charge on any atom is 0.144 e. The fraction of sp³-hybridized carbons (Fsp3) is 0.526. The topological polar surface area (TPSA) is 33.5 Å². The molecular weight excluding hydrogens is 300 g/mol. The second-order valence-electron chi connectivity index (χ2n) is 6.79. The van der Waals surface area contributed by atoms with Gasteiger partial charge in [0.1, 0.15) is 11.4 Å². The maximum atomic E-state index is 5.43. The number of para-hydroxylation sites is 2. The third-order valence-corrected chi connectivity index (χ3v) is 4.89. The molecule has 0 bridgehead atoms. The summed E-state index contributed by atoms with van der Waals surface area (Å²) in [5.74, 6) is 0.843. The molecule has 0 spiro atoms. The fourth-order valence-electron chi connectivity index (χ4n) is 3.46. The van der Waals surface area contributed by atoms with Gasteiger partial charge in [-0.3, -0.25) is 4.90 Å². The lowest BCUT2D eigenvalue weighted by Gasteiger charge is -2.23. The summed E-state index contributed by atoms with van der Waals surface area (Å²) in [6.07, 6.45) is 7.90. The van der Waals surface area contributed by atoms with Gasteiger partial charge in [0, 0.05) is 24.3 Å². The van der Waals surface area contributed by atoms with E-state index >= 15 is 0 Å². The molecular formula is C19H28N4O. The number of methoxy groups -OCH3 is 1. The van der Waals surface area contributed by atoms with Crippen molar-refractivity contribution in [2.24, 2.45) is 0 Å². The number of hydrogen-bond donors (Lipinski definition) is 0. The molecule has 1 aromatic heterocycles. The normalized spacial score (nSPS) is 19.4. The van der Waals surface area contributed by atoms with Gasteiger partial charge in [-0.15, -0.1) is 0 Å². The lowest BCUT2D eigenvalue weighted by molar-refractivity contribution is 0.245. The molecule has 1 aromatic carbocycles. The number of rotatable bonds is 5. The first kappa shape index (κ1) is 17.0. The van der Waals surface area contributed by atoms with Gasteiger partial charge in [-0.2, -0.15) is 5.10 Å². The van der Waals surface area contributed by atoms with Gasteiger partial charge < -0.3 is 9.64 Å². The lowest BCUT2D eigenvalue weighted by Crippen LogP contribution is -2.29. The van der Waals surface area contributed by atoms with Gasteiger partial charge in [-0.05, 0) is 58.6 Å². The van der Waals surface area contributed by atoms with Crippen molar-refractivity contribution < 1.29 is 4.74 Å². The molecule has 1 aliphatic rings. The van der Waals surface area contributed by atoms with E-state index in [0.29, 0.717) is 6.04 Å². The van der Waals surface area contributed by atoms with Gasteiger partial charge in [0.15, 0.2) is 0 Å². The smallest absolute Gasteiger partial charge is 0.144 e. The molecule has 0 radical (unpaired) electrons. The van der Waals surface area contributed by atoms with Crippen molar-refractivity contribution in [3.63, 3.8) is 0 Å². The van der Waals surface area contributed by atoms with Crippen molar-refractivity contribution in [3.8, 4) is 11.4 Å². The largest absolute Gasteiger partial charge is 0.494 e. The highest BCUT2D eigenvalue weighted by atomic mass is 16.5. The summed E-state index contributed by atoms with van der Waals surface area (Å²) in [5.41, 5.74) is 2.24. The van der Waals surface area contributed by atoms with E-state index in [4.69, 9.17) is 4.74 Å². The van der Waals surface area contributed by atoms with Crippen molar-refractivity contribution in [1.29, 1.82) is 0 Å². The Balaban J connectivity index is 1.66. The Kier molecular flexibility index (Phi) is 5.53. The van der Waals surface area contributed by atoms with Crippen molar-refractivity contribution in [1.82, 2.24) is 19.6 Å². The molecule has 1 aliphatic heterocycles. The third kappa shape index (κ3) is 3.97. The monoisotopic (exact) mass is 328 g/mol. The van der Waals surface area contributed by atoms with Gasteiger partial charge >= 0.3 is 0 Å². The Hall–Kier alpha value is -1.85. The Morgan fingerprint density at radius 2 is 2.04 bits per heavy atom. The third-order valence-electron chi connectivity index (χ3n) is 4.89. The molecule has 1 saturated heterocycles. The molecule has 0 N–H and O–H groups in total. The average molecular weight is 328 g/mol. The van der Waals surface area contributed by atoms with E-state index in [9.17, 15) is 0 Å². The fourth-order valence-corrected chi connectivity index (χ4v) is 3.46. The number of likely N-dealkylation sites (tertiary alicyclic amines) is 1. The highest BCUT2D eigenvalue weighted by Gasteiger charge is 2.19. The first-order valence-electron chi connectivity index (χ1n) is 8.73. The van der Waals surface area contributed by atoms with E-state index in [2.05, 4.69) is 35.2 Å². The second-order valence-corrected chi connectivity index (χ2v) is 6.79. The first-order chi connectivity index (χ1) is 11.7. The number of ether oxygens (including phenoxy) is 1. The van der Waals surface area contributed by atoms with Gasteiger partial charge in [-0.1, -0.05) is 12.1 Å². The van der Waals surface area contributed by atoms with E-state index < -0.39 is 0 Å². The van der Waals surface area contributed by atoms with Gasteiger partial charge in [0.05, 0.1) is 13.3 Å². The van der Waals surface area contributed by atoms with Crippen LogP contribution in [0.1, 0.15) is 24.8 Å². The van der Waals surface area contributed by atoms with Crippen LogP contribution in [0, 0.1) is 0 Å². The van der Waals surface area contributed by atoms with Crippen LogP contribution < -0.4 is 4.74 Å². The molecule has 0 aliphatic carbocycles. The minimum absolute atomic E-state index is 0.714. The van der Waals surface area contributed by atoms with Crippen LogP contribution in [0.5, 0.6) is 5.75 Å². The molecule has 2 aromatic rings. The number of aromatic nitrogens is 2. The Morgan fingerprint density at radius 1 is 1.21 bits per heavy atom. The zero-order valence-corrected chi connectivity index (χ0v) is 15.0. The summed E-state index contributed by atoms with van der Waals surface area (Å²) in [7, 11) is 6.08. The highest BCUT2D eigenvalue weighted by molar-refractivity contribution is 5.46. The maximum absolute atomic E-state index is 5.43. The Morgan fingerprint density at radius 3 is 2.83 bits per heavy atom. The highest BCUT2D eigenvalue weighted by Crippen LogP contribution is 2.22. The van der Waals surface area contributed by atoms with Crippen molar-refractivity contribution >= 4 is 0 Å². The van der Waals surface area contributed by atoms with Crippen LogP contribution in [0.3, 0.4) is 0 Å².